The Labute approximate surface area is 73.2 Å². The number of rotatable bonds is 4. The second kappa shape index (κ2) is 4.83. The molecule has 0 amide bonds. The van der Waals surface area contributed by atoms with Crippen LogP contribution in [0.15, 0.2) is 18.5 Å². The van der Waals surface area contributed by atoms with Crippen LogP contribution in [0.1, 0.15) is 31.6 Å². The molecule has 1 atom stereocenters. The number of aromatic nitrogens is 2. The fraction of sp³-hybridized carbons (Fsp3) is 0.556. The van der Waals surface area contributed by atoms with E-state index in [0.717, 1.165) is 18.7 Å². The van der Waals surface area contributed by atoms with Gasteiger partial charge in [-0.1, -0.05) is 13.3 Å². The van der Waals surface area contributed by atoms with Crippen LogP contribution in [0, 0.1) is 0 Å². The van der Waals surface area contributed by atoms with Crippen LogP contribution < -0.4 is 5.32 Å². The second-order valence-corrected chi connectivity index (χ2v) is 2.74. The highest BCUT2D eigenvalue weighted by molar-refractivity contribution is 4.95. The van der Waals surface area contributed by atoms with Crippen LogP contribution in [0.25, 0.3) is 0 Å². The second-order valence-electron chi connectivity index (χ2n) is 2.74. The summed E-state index contributed by atoms with van der Waals surface area (Å²) in [7, 11) is 1.94. The number of nitrogens with one attached hydrogen (secondary N) is 1. The van der Waals surface area contributed by atoms with Crippen molar-refractivity contribution in [2.75, 3.05) is 7.05 Å². The van der Waals surface area contributed by atoms with Gasteiger partial charge in [0, 0.05) is 12.4 Å². The lowest BCUT2D eigenvalue weighted by atomic mass is 10.1. The largest absolute Gasteiger partial charge is 0.310 e. The molecule has 0 fully saturated rings. The van der Waals surface area contributed by atoms with Gasteiger partial charge >= 0.3 is 0 Å². The van der Waals surface area contributed by atoms with E-state index in [2.05, 4.69) is 22.2 Å². The van der Waals surface area contributed by atoms with E-state index in [4.69, 9.17) is 0 Å². The van der Waals surface area contributed by atoms with Crippen molar-refractivity contribution in [1.82, 2.24) is 15.3 Å². The summed E-state index contributed by atoms with van der Waals surface area (Å²) in [5.74, 6) is 0.891. The number of hydrogen-bond donors (Lipinski definition) is 1. The summed E-state index contributed by atoms with van der Waals surface area (Å²) >= 11 is 0. The summed E-state index contributed by atoms with van der Waals surface area (Å²) in [6.07, 6.45) is 5.79. The number of nitrogens with zero attached hydrogens (tertiary/aromatic N) is 2. The van der Waals surface area contributed by atoms with E-state index in [1.54, 1.807) is 12.4 Å². The fourth-order valence-electron chi connectivity index (χ4n) is 1.18. The molecular formula is C9H15N3. The topological polar surface area (TPSA) is 37.8 Å². The van der Waals surface area contributed by atoms with Crippen LogP contribution in [0.4, 0.5) is 0 Å². The van der Waals surface area contributed by atoms with E-state index >= 15 is 0 Å². The van der Waals surface area contributed by atoms with Gasteiger partial charge in [0.05, 0.1) is 6.04 Å². The SMILES string of the molecule is CCCC(NC)c1ncccn1. The van der Waals surface area contributed by atoms with E-state index in [0.29, 0.717) is 6.04 Å². The van der Waals surface area contributed by atoms with Crippen molar-refractivity contribution in [3.63, 3.8) is 0 Å². The summed E-state index contributed by atoms with van der Waals surface area (Å²) in [5.41, 5.74) is 0. The minimum Gasteiger partial charge on any atom is -0.310 e. The summed E-state index contributed by atoms with van der Waals surface area (Å²) in [6.45, 7) is 2.16. The molecule has 1 aromatic heterocycles. The molecule has 0 radical (unpaired) electrons. The third kappa shape index (κ3) is 2.27. The average molecular weight is 165 g/mol. The zero-order valence-corrected chi connectivity index (χ0v) is 7.62. The molecule has 1 unspecified atom stereocenters. The molecule has 0 aliphatic rings. The van der Waals surface area contributed by atoms with E-state index in [1.165, 1.54) is 0 Å². The van der Waals surface area contributed by atoms with Crippen molar-refractivity contribution in [2.24, 2.45) is 0 Å². The van der Waals surface area contributed by atoms with Gasteiger partial charge in [0.15, 0.2) is 0 Å². The minimum atomic E-state index is 0.302. The quantitative estimate of drug-likeness (QED) is 0.735. The summed E-state index contributed by atoms with van der Waals surface area (Å²) in [6, 6.07) is 2.14. The van der Waals surface area contributed by atoms with Gasteiger partial charge in [-0.25, -0.2) is 9.97 Å². The Balaban J connectivity index is 2.66. The summed E-state index contributed by atoms with van der Waals surface area (Å²) in [5, 5.41) is 3.19. The van der Waals surface area contributed by atoms with Crippen molar-refractivity contribution >= 4 is 0 Å². The highest BCUT2D eigenvalue weighted by atomic mass is 15.0. The molecule has 0 bridgehead atoms. The van der Waals surface area contributed by atoms with Crippen molar-refractivity contribution in [2.45, 2.75) is 25.8 Å². The zero-order valence-electron chi connectivity index (χ0n) is 7.62. The maximum absolute atomic E-state index is 4.19. The summed E-state index contributed by atoms with van der Waals surface area (Å²) < 4.78 is 0. The molecule has 66 valence electrons. The predicted molar refractivity (Wildman–Crippen MR) is 48.7 cm³/mol. The normalized spacial score (nSPS) is 12.8. The molecule has 0 aromatic carbocycles. The first kappa shape index (κ1) is 9.13. The molecule has 12 heavy (non-hydrogen) atoms. The van der Waals surface area contributed by atoms with Crippen molar-refractivity contribution in [1.29, 1.82) is 0 Å². The van der Waals surface area contributed by atoms with Crippen LogP contribution >= 0.6 is 0 Å². The molecule has 0 spiro atoms. The smallest absolute Gasteiger partial charge is 0.145 e. The van der Waals surface area contributed by atoms with E-state index < -0.39 is 0 Å². The van der Waals surface area contributed by atoms with Gasteiger partial charge in [-0.3, -0.25) is 0 Å². The molecule has 0 saturated carbocycles. The molecule has 1 heterocycles. The van der Waals surface area contributed by atoms with Crippen LogP contribution in [0.2, 0.25) is 0 Å². The lowest BCUT2D eigenvalue weighted by Crippen LogP contribution is -2.18. The molecule has 0 aliphatic carbocycles. The van der Waals surface area contributed by atoms with E-state index in [1.807, 2.05) is 13.1 Å². The molecule has 3 heteroatoms. The first-order chi connectivity index (χ1) is 5.88. The molecule has 0 aliphatic heterocycles. The Hall–Kier alpha value is -0.960. The van der Waals surface area contributed by atoms with Crippen molar-refractivity contribution in [3.8, 4) is 0 Å². The molecule has 1 rings (SSSR count). The van der Waals surface area contributed by atoms with E-state index in [-0.39, 0.29) is 0 Å². The Morgan fingerprint density at radius 2 is 2.08 bits per heavy atom. The standard InChI is InChI=1S/C9H15N3/c1-3-5-8(10-2)9-11-6-4-7-12-9/h4,6-8,10H,3,5H2,1-2H3. The molecule has 3 nitrogen and oxygen atoms in total. The van der Waals surface area contributed by atoms with Crippen molar-refractivity contribution in [3.05, 3.63) is 24.3 Å². The zero-order chi connectivity index (χ0) is 8.81. The summed E-state index contributed by atoms with van der Waals surface area (Å²) in [4.78, 5) is 8.39. The molecular weight excluding hydrogens is 150 g/mol. The van der Waals surface area contributed by atoms with Gasteiger partial charge in [-0.05, 0) is 19.5 Å². The maximum Gasteiger partial charge on any atom is 0.145 e. The van der Waals surface area contributed by atoms with Gasteiger partial charge in [-0.15, -0.1) is 0 Å². The van der Waals surface area contributed by atoms with Gasteiger partial charge in [0.2, 0.25) is 0 Å². The Morgan fingerprint density at radius 1 is 1.42 bits per heavy atom. The predicted octanol–water partition coefficient (Wildman–Crippen LogP) is 1.54. The van der Waals surface area contributed by atoms with Crippen LogP contribution in [-0.4, -0.2) is 17.0 Å². The van der Waals surface area contributed by atoms with Gasteiger partial charge < -0.3 is 5.32 Å². The third-order valence-electron chi connectivity index (χ3n) is 1.82. The van der Waals surface area contributed by atoms with Gasteiger partial charge in [0.25, 0.3) is 0 Å². The van der Waals surface area contributed by atoms with Crippen LogP contribution in [-0.2, 0) is 0 Å². The van der Waals surface area contributed by atoms with Crippen molar-refractivity contribution < 1.29 is 0 Å². The number of hydrogen-bond acceptors (Lipinski definition) is 3. The van der Waals surface area contributed by atoms with Gasteiger partial charge in [0.1, 0.15) is 5.82 Å². The lowest BCUT2D eigenvalue weighted by molar-refractivity contribution is 0.513. The Morgan fingerprint density at radius 3 is 2.58 bits per heavy atom. The monoisotopic (exact) mass is 165 g/mol. The highest BCUT2D eigenvalue weighted by Crippen LogP contribution is 2.11. The Kier molecular flexibility index (Phi) is 3.67. The van der Waals surface area contributed by atoms with E-state index in [9.17, 15) is 0 Å². The van der Waals surface area contributed by atoms with Gasteiger partial charge in [-0.2, -0.15) is 0 Å². The lowest BCUT2D eigenvalue weighted by Gasteiger charge is -2.12. The minimum absolute atomic E-state index is 0.302. The fourth-order valence-corrected chi connectivity index (χ4v) is 1.18. The first-order valence-electron chi connectivity index (χ1n) is 4.32. The third-order valence-corrected chi connectivity index (χ3v) is 1.82. The van der Waals surface area contributed by atoms with Crippen LogP contribution in [0.5, 0.6) is 0 Å². The molecule has 0 saturated heterocycles. The average Bonchev–Trinajstić information content (AvgIpc) is 2.15. The molecule has 1 N–H and O–H groups in total. The molecule has 1 aromatic rings. The Bertz CT molecular complexity index is 210. The highest BCUT2D eigenvalue weighted by Gasteiger charge is 2.08. The maximum atomic E-state index is 4.19. The van der Waals surface area contributed by atoms with Crippen LogP contribution in [0.3, 0.4) is 0 Å². The first-order valence-corrected chi connectivity index (χ1v) is 4.32.